The lowest BCUT2D eigenvalue weighted by Gasteiger charge is -2.04. The number of nitrogens with one attached hydrogen (secondary N) is 1. The van der Waals surface area contributed by atoms with Crippen LogP contribution in [0.25, 0.3) is 0 Å². The molecule has 0 radical (unpaired) electrons. The van der Waals surface area contributed by atoms with E-state index in [0.29, 0.717) is 0 Å². The van der Waals surface area contributed by atoms with Gasteiger partial charge in [-0.3, -0.25) is 10.1 Å². The molecule has 1 rings (SSSR count). The summed E-state index contributed by atoms with van der Waals surface area (Å²) in [5, 5.41) is 13.7. The zero-order chi connectivity index (χ0) is 12.0. The monoisotopic (exact) mass is 284 g/mol. The molecule has 0 aliphatic carbocycles. The van der Waals surface area contributed by atoms with Crippen LogP contribution in [0.15, 0.2) is 35.3 Å². The predicted molar refractivity (Wildman–Crippen MR) is 67.6 cm³/mol. The van der Waals surface area contributed by atoms with Crippen LogP contribution in [-0.4, -0.2) is 18.0 Å². The number of nitro groups is 1. The Labute approximate surface area is 103 Å². The number of nitro benzene ring substituents is 1. The van der Waals surface area contributed by atoms with E-state index >= 15 is 0 Å². The number of halogens is 1. The van der Waals surface area contributed by atoms with Crippen LogP contribution in [0.2, 0.25) is 0 Å². The highest BCUT2D eigenvalue weighted by molar-refractivity contribution is 9.10. The second kappa shape index (κ2) is 6.40. The minimum atomic E-state index is -0.398. The Kier molecular flexibility index (Phi) is 5.14. The minimum Gasteiger partial charge on any atom is -0.313 e. The molecule has 86 valence electrons. The van der Waals surface area contributed by atoms with Crippen molar-refractivity contribution >= 4 is 21.6 Å². The topological polar surface area (TPSA) is 55.2 Å². The van der Waals surface area contributed by atoms with E-state index in [1.165, 1.54) is 12.1 Å². The summed E-state index contributed by atoms with van der Waals surface area (Å²) in [7, 11) is 0. The molecular formula is C11H13BrN2O2. The van der Waals surface area contributed by atoms with Crippen molar-refractivity contribution in [2.75, 3.05) is 13.1 Å². The fraction of sp³-hybridized carbons (Fsp3) is 0.273. The van der Waals surface area contributed by atoms with Crippen LogP contribution in [0.5, 0.6) is 0 Å². The smallest absolute Gasteiger partial charge is 0.270 e. The Morgan fingerprint density at radius 1 is 1.56 bits per heavy atom. The average Bonchev–Trinajstić information content (AvgIpc) is 2.26. The Morgan fingerprint density at radius 3 is 2.88 bits per heavy atom. The van der Waals surface area contributed by atoms with E-state index in [9.17, 15) is 10.1 Å². The quantitative estimate of drug-likeness (QED) is 0.378. The third kappa shape index (κ3) is 3.75. The van der Waals surface area contributed by atoms with Gasteiger partial charge in [-0.25, -0.2) is 0 Å². The van der Waals surface area contributed by atoms with Gasteiger partial charge < -0.3 is 5.32 Å². The molecule has 0 aliphatic rings. The van der Waals surface area contributed by atoms with E-state index in [-0.39, 0.29) is 5.69 Å². The van der Waals surface area contributed by atoms with E-state index < -0.39 is 4.92 Å². The summed E-state index contributed by atoms with van der Waals surface area (Å²) in [5.74, 6) is 0. The first kappa shape index (κ1) is 12.9. The molecule has 16 heavy (non-hydrogen) atoms. The summed E-state index contributed by atoms with van der Waals surface area (Å²) in [4.78, 5) is 10.1. The van der Waals surface area contributed by atoms with Crippen LogP contribution >= 0.6 is 15.9 Å². The average molecular weight is 285 g/mol. The van der Waals surface area contributed by atoms with Crippen molar-refractivity contribution in [2.45, 2.75) is 6.42 Å². The summed E-state index contributed by atoms with van der Waals surface area (Å²) >= 11 is 3.33. The molecule has 0 spiro atoms. The van der Waals surface area contributed by atoms with Crippen LogP contribution in [0.3, 0.4) is 0 Å². The van der Waals surface area contributed by atoms with E-state index in [1.54, 1.807) is 12.1 Å². The van der Waals surface area contributed by atoms with Crippen molar-refractivity contribution in [3.63, 3.8) is 0 Å². The van der Waals surface area contributed by atoms with Crippen molar-refractivity contribution in [1.82, 2.24) is 5.32 Å². The molecule has 0 aliphatic heterocycles. The highest BCUT2D eigenvalue weighted by Crippen LogP contribution is 2.23. The zero-order valence-corrected chi connectivity index (χ0v) is 10.4. The van der Waals surface area contributed by atoms with E-state index in [1.807, 2.05) is 0 Å². The summed E-state index contributed by atoms with van der Waals surface area (Å²) in [6.07, 6.45) is 2.62. The number of hydrogen-bond acceptors (Lipinski definition) is 3. The lowest BCUT2D eigenvalue weighted by molar-refractivity contribution is -0.384. The first-order chi connectivity index (χ1) is 7.65. The number of rotatable bonds is 6. The normalized spacial score (nSPS) is 10.1. The third-order valence-corrected chi connectivity index (χ3v) is 2.85. The lowest BCUT2D eigenvalue weighted by atomic mass is 10.1. The molecule has 0 amide bonds. The van der Waals surface area contributed by atoms with Gasteiger partial charge in [0, 0.05) is 23.2 Å². The fourth-order valence-electron chi connectivity index (χ4n) is 1.28. The largest absolute Gasteiger partial charge is 0.313 e. The standard InChI is InChI=1S/C11H13BrN2O2/c1-2-6-13-7-5-9-3-4-10(14(15)16)8-11(9)12/h2-4,8,13H,1,5-7H2. The molecule has 0 fully saturated rings. The molecular weight excluding hydrogens is 272 g/mol. The van der Waals surface area contributed by atoms with Crippen molar-refractivity contribution < 1.29 is 4.92 Å². The molecule has 1 aromatic carbocycles. The van der Waals surface area contributed by atoms with Gasteiger partial charge in [0.15, 0.2) is 0 Å². The van der Waals surface area contributed by atoms with Crippen LogP contribution in [-0.2, 0) is 6.42 Å². The Balaban J connectivity index is 2.61. The second-order valence-electron chi connectivity index (χ2n) is 3.28. The molecule has 5 heteroatoms. The molecule has 0 saturated heterocycles. The van der Waals surface area contributed by atoms with Gasteiger partial charge in [0.25, 0.3) is 5.69 Å². The maximum Gasteiger partial charge on any atom is 0.270 e. The molecule has 0 bridgehead atoms. The number of benzene rings is 1. The first-order valence-corrected chi connectivity index (χ1v) is 5.69. The Hall–Kier alpha value is -1.20. The van der Waals surface area contributed by atoms with Crippen LogP contribution < -0.4 is 5.32 Å². The molecule has 0 heterocycles. The van der Waals surface area contributed by atoms with Gasteiger partial charge in [-0.1, -0.05) is 28.1 Å². The SMILES string of the molecule is C=CCNCCc1ccc([N+](=O)[O-])cc1Br. The van der Waals surface area contributed by atoms with Crippen molar-refractivity contribution in [1.29, 1.82) is 0 Å². The molecule has 0 saturated carbocycles. The summed E-state index contributed by atoms with van der Waals surface area (Å²) in [6, 6.07) is 4.83. The predicted octanol–water partition coefficient (Wildman–Crippen LogP) is 2.68. The zero-order valence-electron chi connectivity index (χ0n) is 8.78. The molecule has 4 nitrogen and oxygen atoms in total. The summed E-state index contributed by atoms with van der Waals surface area (Å²) in [6.45, 7) is 5.20. The second-order valence-corrected chi connectivity index (χ2v) is 4.13. The third-order valence-electron chi connectivity index (χ3n) is 2.11. The number of non-ortho nitro benzene ring substituents is 1. The first-order valence-electron chi connectivity index (χ1n) is 4.89. The molecule has 1 aromatic rings. The van der Waals surface area contributed by atoms with Gasteiger partial charge in [0.05, 0.1) is 4.92 Å². The van der Waals surface area contributed by atoms with Crippen LogP contribution in [0.4, 0.5) is 5.69 Å². The molecule has 0 unspecified atom stereocenters. The van der Waals surface area contributed by atoms with Crippen LogP contribution in [0, 0.1) is 10.1 Å². The van der Waals surface area contributed by atoms with E-state index in [0.717, 1.165) is 29.5 Å². The maximum atomic E-state index is 10.5. The van der Waals surface area contributed by atoms with Gasteiger partial charge in [-0.05, 0) is 18.5 Å². The Morgan fingerprint density at radius 2 is 2.31 bits per heavy atom. The summed E-state index contributed by atoms with van der Waals surface area (Å²) < 4.78 is 0.780. The maximum absolute atomic E-state index is 10.5. The van der Waals surface area contributed by atoms with Gasteiger partial charge in [-0.15, -0.1) is 6.58 Å². The fourth-order valence-corrected chi connectivity index (χ4v) is 1.84. The van der Waals surface area contributed by atoms with Crippen molar-refractivity contribution in [2.24, 2.45) is 0 Å². The van der Waals surface area contributed by atoms with Crippen molar-refractivity contribution in [3.05, 3.63) is 51.0 Å². The van der Waals surface area contributed by atoms with E-state index in [2.05, 4.69) is 27.8 Å². The molecule has 1 N–H and O–H groups in total. The van der Waals surface area contributed by atoms with Crippen LogP contribution in [0.1, 0.15) is 5.56 Å². The molecule has 0 atom stereocenters. The minimum absolute atomic E-state index is 0.106. The van der Waals surface area contributed by atoms with Gasteiger partial charge in [0.1, 0.15) is 0 Å². The lowest BCUT2D eigenvalue weighted by Crippen LogP contribution is -2.16. The Bertz CT molecular complexity index is 394. The highest BCUT2D eigenvalue weighted by Gasteiger charge is 2.08. The summed E-state index contributed by atoms with van der Waals surface area (Å²) in [5.41, 5.74) is 1.16. The number of hydrogen-bond donors (Lipinski definition) is 1. The van der Waals surface area contributed by atoms with Crippen molar-refractivity contribution in [3.8, 4) is 0 Å². The van der Waals surface area contributed by atoms with Gasteiger partial charge in [0.2, 0.25) is 0 Å². The number of nitrogens with zero attached hydrogens (tertiary/aromatic N) is 1. The molecule has 0 aromatic heterocycles. The van der Waals surface area contributed by atoms with Gasteiger partial charge in [-0.2, -0.15) is 0 Å². The van der Waals surface area contributed by atoms with Gasteiger partial charge >= 0.3 is 0 Å². The highest BCUT2D eigenvalue weighted by atomic mass is 79.9. The van der Waals surface area contributed by atoms with E-state index in [4.69, 9.17) is 0 Å².